The molecule has 1 saturated heterocycles. The summed E-state index contributed by atoms with van der Waals surface area (Å²) in [5.74, 6) is 0.286. The molecule has 0 spiro atoms. The SMILES string of the molecule is C[C@@H]1Oc2ccc(NC(=O)[C@H]3CCCN(c4nc5ccccc5s4)C3)cc2NC1=O. The average Bonchev–Trinajstić information content (AvgIpc) is 3.19. The Morgan fingerprint density at radius 3 is 3.03 bits per heavy atom. The largest absolute Gasteiger partial charge is 0.479 e. The number of piperidine rings is 1. The van der Waals surface area contributed by atoms with E-state index in [1.165, 1.54) is 0 Å². The third kappa shape index (κ3) is 3.59. The summed E-state index contributed by atoms with van der Waals surface area (Å²) < 4.78 is 6.73. The van der Waals surface area contributed by atoms with Crippen LogP contribution in [0.1, 0.15) is 19.8 Å². The second kappa shape index (κ2) is 7.60. The van der Waals surface area contributed by atoms with Gasteiger partial charge in [0.2, 0.25) is 5.91 Å². The minimum atomic E-state index is -0.520. The van der Waals surface area contributed by atoms with Gasteiger partial charge in [0.1, 0.15) is 5.75 Å². The number of rotatable bonds is 3. The zero-order valence-corrected chi connectivity index (χ0v) is 17.4. The summed E-state index contributed by atoms with van der Waals surface area (Å²) in [6.07, 6.45) is 1.27. The molecule has 2 aromatic carbocycles. The van der Waals surface area contributed by atoms with Crippen LogP contribution in [0.4, 0.5) is 16.5 Å². The fourth-order valence-electron chi connectivity index (χ4n) is 3.89. The standard InChI is InChI=1S/C22H22N4O3S/c1-13-20(27)24-17-11-15(8-9-18(17)29-13)23-21(28)14-5-4-10-26(12-14)22-25-16-6-2-3-7-19(16)30-22/h2-3,6-9,11,13-14H,4-5,10,12H2,1H3,(H,23,28)(H,24,27)/t13-,14-/m0/s1. The van der Waals surface area contributed by atoms with E-state index in [2.05, 4.69) is 21.6 Å². The molecule has 0 radical (unpaired) electrons. The highest BCUT2D eigenvalue weighted by Gasteiger charge is 2.28. The Kier molecular flexibility index (Phi) is 4.78. The van der Waals surface area contributed by atoms with Crippen molar-refractivity contribution >= 4 is 49.9 Å². The number of nitrogens with one attached hydrogen (secondary N) is 2. The Balaban J connectivity index is 1.28. The van der Waals surface area contributed by atoms with E-state index in [-0.39, 0.29) is 17.7 Å². The van der Waals surface area contributed by atoms with Crippen LogP contribution in [0.15, 0.2) is 42.5 Å². The third-order valence-electron chi connectivity index (χ3n) is 5.52. The number of ether oxygens (including phenoxy) is 1. The predicted octanol–water partition coefficient (Wildman–Crippen LogP) is 3.87. The molecule has 3 aromatic rings. The van der Waals surface area contributed by atoms with Crippen molar-refractivity contribution < 1.29 is 14.3 Å². The van der Waals surface area contributed by atoms with Crippen molar-refractivity contribution in [1.82, 2.24) is 4.98 Å². The number of nitrogens with zero attached hydrogens (tertiary/aromatic N) is 2. The molecule has 5 rings (SSSR count). The zero-order valence-electron chi connectivity index (χ0n) is 16.6. The van der Waals surface area contributed by atoms with Crippen molar-refractivity contribution in [2.75, 3.05) is 28.6 Å². The van der Waals surface area contributed by atoms with Crippen molar-refractivity contribution in [1.29, 1.82) is 0 Å². The van der Waals surface area contributed by atoms with Crippen molar-refractivity contribution in [3.05, 3.63) is 42.5 Å². The first kappa shape index (κ1) is 18.9. The second-order valence-electron chi connectivity index (χ2n) is 7.70. The molecule has 7 nitrogen and oxygen atoms in total. The van der Waals surface area contributed by atoms with Gasteiger partial charge in [-0.2, -0.15) is 0 Å². The Hall–Kier alpha value is -3.13. The third-order valence-corrected chi connectivity index (χ3v) is 6.62. The quantitative estimate of drug-likeness (QED) is 0.669. The van der Waals surface area contributed by atoms with Crippen molar-refractivity contribution in [2.45, 2.75) is 25.9 Å². The molecule has 0 aliphatic carbocycles. The first-order valence-electron chi connectivity index (χ1n) is 10.1. The second-order valence-corrected chi connectivity index (χ2v) is 8.71. The summed E-state index contributed by atoms with van der Waals surface area (Å²) >= 11 is 1.67. The smallest absolute Gasteiger partial charge is 0.265 e. The van der Waals surface area contributed by atoms with Gasteiger partial charge in [-0.25, -0.2) is 4.98 Å². The molecule has 1 aromatic heterocycles. The fraction of sp³-hybridized carbons (Fsp3) is 0.318. The number of hydrogen-bond donors (Lipinski definition) is 2. The molecule has 0 bridgehead atoms. The van der Waals surface area contributed by atoms with E-state index in [1.54, 1.807) is 36.5 Å². The zero-order chi connectivity index (χ0) is 20.7. The van der Waals surface area contributed by atoms with Crippen LogP contribution in [-0.4, -0.2) is 36.0 Å². The van der Waals surface area contributed by atoms with E-state index in [0.29, 0.717) is 23.7 Å². The van der Waals surface area contributed by atoms with Crippen LogP contribution < -0.4 is 20.3 Å². The first-order valence-corrected chi connectivity index (χ1v) is 10.9. The first-order chi connectivity index (χ1) is 14.6. The molecule has 8 heteroatoms. The van der Waals surface area contributed by atoms with E-state index in [0.717, 1.165) is 34.7 Å². The summed E-state index contributed by atoms with van der Waals surface area (Å²) in [5, 5.41) is 6.78. The molecule has 2 atom stereocenters. The van der Waals surface area contributed by atoms with Gasteiger partial charge in [0.05, 0.1) is 21.8 Å². The van der Waals surface area contributed by atoms with E-state index >= 15 is 0 Å². The van der Waals surface area contributed by atoms with Gasteiger partial charge in [-0.15, -0.1) is 0 Å². The van der Waals surface area contributed by atoms with Crippen LogP contribution in [0.3, 0.4) is 0 Å². The molecule has 1 fully saturated rings. The Bertz CT molecular complexity index is 1100. The number of aromatic nitrogens is 1. The van der Waals surface area contributed by atoms with Crippen molar-refractivity contribution in [3.63, 3.8) is 0 Å². The van der Waals surface area contributed by atoms with Gasteiger partial charge in [-0.1, -0.05) is 23.5 Å². The molecule has 3 heterocycles. The fourth-order valence-corrected chi connectivity index (χ4v) is 4.89. The molecule has 2 aliphatic heterocycles. The van der Waals surface area contributed by atoms with Crippen LogP contribution in [0.5, 0.6) is 5.75 Å². The van der Waals surface area contributed by atoms with Crippen molar-refractivity contribution in [3.8, 4) is 5.75 Å². The number of para-hydroxylation sites is 1. The molecular weight excluding hydrogens is 400 g/mol. The topological polar surface area (TPSA) is 83.6 Å². The number of hydrogen-bond acceptors (Lipinski definition) is 6. The molecule has 2 aliphatic rings. The maximum Gasteiger partial charge on any atom is 0.265 e. The Morgan fingerprint density at radius 2 is 2.17 bits per heavy atom. The highest BCUT2D eigenvalue weighted by Crippen LogP contribution is 2.34. The molecular formula is C22H22N4O3S. The van der Waals surface area contributed by atoms with Crippen LogP contribution in [-0.2, 0) is 9.59 Å². The lowest BCUT2D eigenvalue weighted by Crippen LogP contribution is -2.40. The van der Waals surface area contributed by atoms with Crippen LogP contribution >= 0.6 is 11.3 Å². The lowest BCUT2D eigenvalue weighted by atomic mass is 9.97. The van der Waals surface area contributed by atoms with E-state index in [9.17, 15) is 9.59 Å². The van der Waals surface area contributed by atoms with Crippen LogP contribution in [0.25, 0.3) is 10.2 Å². The highest BCUT2D eigenvalue weighted by molar-refractivity contribution is 7.22. The number of carbonyl (C=O) groups is 2. The number of carbonyl (C=O) groups excluding carboxylic acids is 2. The number of thiazole rings is 1. The van der Waals surface area contributed by atoms with Gasteiger partial charge < -0.3 is 20.3 Å². The minimum Gasteiger partial charge on any atom is -0.479 e. The summed E-state index contributed by atoms with van der Waals surface area (Å²) in [5.41, 5.74) is 2.22. The molecule has 154 valence electrons. The maximum atomic E-state index is 12.9. The highest BCUT2D eigenvalue weighted by atomic mass is 32.1. The normalized spacial score (nSPS) is 21.0. The summed E-state index contributed by atoms with van der Waals surface area (Å²) in [6.45, 7) is 3.26. The van der Waals surface area contributed by atoms with Gasteiger partial charge >= 0.3 is 0 Å². The maximum absolute atomic E-state index is 12.9. The van der Waals surface area contributed by atoms with Crippen LogP contribution in [0.2, 0.25) is 0 Å². The summed E-state index contributed by atoms with van der Waals surface area (Å²) in [4.78, 5) is 31.7. The van der Waals surface area contributed by atoms with Gasteiger partial charge in [0.15, 0.2) is 11.2 Å². The van der Waals surface area contributed by atoms with Gasteiger partial charge in [0.25, 0.3) is 5.91 Å². The molecule has 0 unspecified atom stereocenters. The number of benzene rings is 2. The van der Waals surface area contributed by atoms with E-state index in [1.807, 2.05) is 18.2 Å². The van der Waals surface area contributed by atoms with Gasteiger partial charge in [-0.05, 0) is 50.1 Å². The minimum absolute atomic E-state index is 0.0165. The van der Waals surface area contributed by atoms with Crippen molar-refractivity contribution in [2.24, 2.45) is 5.92 Å². The summed E-state index contributed by atoms with van der Waals surface area (Å²) in [6, 6.07) is 13.4. The number of fused-ring (bicyclic) bond motifs is 2. The van der Waals surface area contributed by atoms with Crippen LogP contribution in [0, 0.1) is 5.92 Å². The lowest BCUT2D eigenvalue weighted by Gasteiger charge is -2.31. The summed E-state index contributed by atoms with van der Waals surface area (Å²) in [7, 11) is 0. The monoisotopic (exact) mass is 422 g/mol. The molecule has 0 saturated carbocycles. The average molecular weight is 423 g/mol. The molecule has 30 heavy (non-hydrogen) atoms. The van der Waals surface area contributed by atoms with Gasteiger partial charge in [0, 0.05) is 18.8 Å². The lowest BCUT2D eigenvalue weighted by molar-refractivity contribution is -0.122. The molecule has 2 N–H and O–H groups in total. The van der Waals surface area contributed by atoms with E-state index < -0.39 is 6.10 Å². The predicted molar refractivity (Wildman–Crippen MR) is 118 cm³/mol. The van der Waals surface area contributed by atoms with Gasteiger partial charge in [-0.3, -0.25) is 9.59 Å². The number of anilines is 3. The van der Waals surface area contributed by atoms with E-state index in [4.69, 9.17) is 9.72 Å². The Morgan fingerprint density at radius 1 is 1.30 bits per heavy atom. The Labute approximate surface area is 178 Å². The number of amides is 2. The molecule has 2 amide bonds.